The maximum atomic E-state index is 3.50. The van der Waals surface area contributed by atoms with Crippen LogP contribution in [-0.4, -0.2) is 25.2 Å². The second-order valence-electron chi connectivity index (χ2n) is 5.67. The van der Waals surface area contributed by atoms with E-state index in [9.17, 15) is 0 Å². The predicted octanol–water partition coefficient (Wildman–Crippen LogP) is 3.22. The zero-order valence-electron chi connectivity index (χ0n) is 11.9. The molecule has 18 heavy (non-hydrogen) atoms. The maximum absolute atomic E-state index is 3.50. The second kappa shape index (κ2) is 6.24. The van der Waals surface area contributed by atoms with E-state index < -0.39 is 0 Å². The normalized spacial score (nSPS) is 19.1. The zero-order valence-corrected chi connectivity index (χ0v) is 11.9. The van der Waals surface area contributed by atoms with Crippen molar-refractivity contribution in [2.45, 2.75) is 52.1 Å². The SMILES string of the molecule is CC(C)NCCCN1c2ccccc2CCC1C. The minimum atomic E-state index is 0.594. The zero-order chi connectivity index (χ0) is 13.0. The van der Waals surface area contributed by atoms with Crippen LogP contribution in [-0.2, 0) is 6.42 Å². The van der Waals surface area contributed by atoms with Gasteiger partial charge in [0.2, 0.25) is 0 Å². The molecule has 2 nitrogen and oxygen atoms in total. The van der Waals surface area contributed by atoms with Crippen LogP contribution in [0.3, 0.4) is 0 Å². The highest BCUT2D eigenvalue weighted by atomic mass is 15.2. The monoisotopic (exact) mass is 246 g/mol. The van der Waals surface area contributed by atoms with Crippen LogP contribution >= 0.6 is 0 Å². The largest absolute Gasteiger partial charge is 0.369 e. The highest BCUT2D eigenvalue weighted by Crippen LogP contribution is 2.30. The first-order valence-corrected chi connectivity index (χ1v) is 7.26. The molecule has 0 saturated carbocycles. The van der Waals surface area contributed by atoms with Crippen LogP contribution in [0.4, 0.5) is 5.69 Å². The van der Waals surface area contributed by atoms with Crippen molar-refractivity contribution in [3.05, 3.63) is 29.8 Å². The van der Waals surface area contributed by atoms with E-state index in [1.807, 2.05) is 0 Å². The van der Waals surface area contributed by atoms with Crippen LogP contribution in [0.1, 0.15) is 39.2 Å². The lowest BCUT2D eigenvalue weighted by atomic mass is 9.96. The molecular weight excluding hydrogens is 220 g/mol. The Hall–Kier alpha value is -1.02. The van der Waals surface area contributed by atoms with E-state index in [1.165, 1.54) is 30.5 Å². The Labute approximate surface area is 111 Å². The Bertz CT molecular complexity index is 373. The first-order chi connectivity index (χ1) is 8.68. The summed E-state index contributed by atoms with van der Waals surface area (Å²) in [5.41, 5.74) is 2.98. The van der Waals surface area contributed by atoms with Gasteiger partial charge in [-0.05, 0) is 44.4 Å². The number of hydrogen-bond acceptors (Lipinski definition) is 2. The lowest BCUT2D eigenvalue weighted by molar-refractivity contribution is 0.523. The van der Waals surface area contributed by atoms with Crippen LogP contribution in [0.25, 0.3) is 0 Å². The number of benzene rings is 1. The van der Waals surface area contributed by atoms with Gasteiger partial charge in [-0.1, -0.05) is 32.0 Å². The van der Waals surface area contributed by atoms with E-state index in [-0.39, 0.29) is 0 Å². The lowest BCUT2D eigenvalue weighted by Gasteiger charge is -2.37. The Morgan fingerprint density at radius 2 is 2.11 bits per heavy atom. The average Bonchev–Trinajstić information content (AvgIpc) is 2.36. The van der Waals surface area contributed by atoms with Gasteiger partial charge in [0, 0.05) is 24.3 Å². The molecule has 1 heterocycles. The minimum Gasteiger partial charge on any atom is -0.369 e. The fourth-order valence-corrected chi connectivity index (χ4v) is 2.74. The number of para-hydroxylation sites is 1. The molecule has 0 fully saturated rings. The quantitative estimate of drug-likeness (QED) is 0.803. The number of nitrogens with one attached hydrogen (secondary N) is 1. The summed E-state index contributed by atoms with van der Waals surface area (Å²) in [5.74, 6) is 0. The highest BCUT2D eigenvalue weighted by molar-refractivity contribution is 5.56. The van der Waals surface area contributed by atoms with Gasteiger partial charge in [0.05, 0.1) is 0 Å². The van der Waals surface area contributed by atoms with Gasteiger partial charge in [0.25, 0.3) is 0 Å². The molecule has 1 aliphatic heterocycles. The van der Waals surface area contributed by atoms with E-state index in [0.717, 1.165) is 13.1 Å². The highest BCUT2D eigenvalue weighted by Gasteiger charge is 2.21. The van der Waals surface area contributed by atoms with E-state index in [0.29, 0.717) is 12.1 Å². The molecule has 0 spiro atoms. The number of rotatable bonds is 5. The lowest BCUT2D eigenvalue weighted by Crippen LogP contribution is -2.39. The summed E-state index contributed by atoms with van der Waals surface area (Å²) in [7, 11) is 0. The summed E-state index contributed by atoms with van der Waals surface area (Å²) in [6.45, 7) is 9.05. The van der Waals surface area contributed by atoms with Gasteiger partial charge in [-0.3, -0.25) is 0 Å². The molecule has 0 bridgehead atoms. The van der Waals surface area contributed by atoms with E-state index in [1.54, 1.807) is 0 Å². The van der Waals surface area contributed by atoms with E-state index in [2.05, 4.69) is 55.3 Å². The molecule has 0 aromatic heterocycles. The van der Waals surface area contributed by atoms with Gasteiger partial charge < -0.3 is 10.2 Å². The molecule has 1 unspecified atom stereocenters. The van der Waals surface area contributed by atoms with Gasteiger partial charge in [-0.15, -0.1) is 0 Å². The van der Waals surface area contributed by atoms with Crippen molar-refractivity contribution >= 4 is 5.69 Å². The van der Waals surface area contributed by atoms with Crippen molar-refractivity contribution < 1.29 is 0 Å². The fraction of sp³-hybridized carbons (Fsp3) is 0.625. The van der Waals surface area contributed by atoms with Gasteiger partial charge in [-0.2, -0.15) is 0 Å². The molecule has 0 saturated heterocycles. The first kappa shape index (κ1) is 13.4. The topological polar surface area (TPSA) is 15.3 Å². The number of fused-ring (bicyclic) bond motifs is 1. The van der Waals surface area contributed by atoms with Gasteiger partial charge in [0.1, 0.15) is 0 Å². The number of hydrogen-bond donors (Lipinski definition) is 1. The summed E-state index contributed by atoms with van der Waals surface area (Å²) >= 11 is 0. The van der Waals surface area contributed by atoms with Crippen LogP contribution in [0.5, 0.6) is 0 Å². The van der Waals surface area contributed by atoms with Crippen molar-refractivity contribution in [3.63, 3.8) is 0 Å². The Morgan fingerprint density at radius 1 is 1.33 bits per heavy atom. The maximum Gasteiger partial charge on any atom is 0.0401 e. The number of nitrogens with zero attached hydrogens (tertiary/aromatic N) is 1. The molecule has 0 radical (unpaired) electrons. The van der Waals surface area contributed by atoms with Crippen molar-refractivity contribution in [2.75, 3.05) is 18.0 Å². The molecular formula is C16H26N2. The summed E-state index contributed by atoms with van der Waals surface area (Å²) in [6.07, 6.45) is 3.74. The van der Waals surface area contributed by atoms with Gasteiger partial charge >= 0.3 is 0 Å². The van der Waals surface area contributed by atoms with Crippen LogP contribution in [0.2, 0.25) is 0 Å². The minimum absolute atomic E-state index is 0.594. The third-order valence-electron chi connectivity index (χ3n) is 3.79. The van der Waals surface area contributed by atoms with Crippen LogP contribution in [0, 0.1) is 0 Å². The Morgan fingerprint density at radius 3 is 2.89 bits per heavy atom. The Balaban J connectivity index is 1.94. The van der Waals surface area contributed by atoms with E-state index >= 15 is 0 Å². The second-order valence-corrected chi connectivity index (χ2v) is 5.67. The van der Waals surface area contributed by atoms with Gasteiger partial charge in [0.15, 0.2) is 0 Å². The Kier molecular flexibility index (Phi) is 4.65. The first-order valence-electron chi connectivity index (χ1n) is 7.26. The summed E-state index contributed by atoms with van der Waals surface area (Å²) in [5, 5.41) is 3.50. The smallest absolute Gasteiger partial charge is 0.0401 e. The van der Waals surface area contributed by atoms with Gasteiger partial charge in [-0.25, -0.2) is 0 Å². The molecule has 2 heteroatoms. The molecule has 1 atom stereocenters. The molecule has 1 aromatic rings. The third-order valence-corrected chi connectivity index (χ3v) is 3.79. The molecule has 1 aliphatic rings. The predicted molar refractivity (Wildman–Crippen MR) is 79.3 cm³/mol. The van der Waals surface area contributed by atoms with Crippen molar-refractivity contribution in [1.82, 2.24) is 5.32 Å². The average molecular weight is 246 g/mol. The summed E-state index contributed by atoms with van der Waals surface area (Å²) < 4.78 is 0. The summed E-state index contributed by atoms with van der Waals surface area (Å²) in [6, 6.07) is 10.2. The third kappa shape index (κ3) is 3.26. The fourth-order valence-electron chi connectivity index (χ4n) is 2.74. The van der Waals surface area contributed by atoms with Crippen LogP contribution in [0.15, 0.2) is 24.3 Å². The van der Waals surface area contributed by atoms with Crippen molar-refractivity contribution in [3.8, 4) is 0 Å². The molecule has 0 aliphatic carbocycles. The van der Waals surface area contributed by atoms with Crippen LogP contribution < -0.4 is 10.2 Å². The molecule has 0 amide bonds. The van der Waals surface area contributed by atoms with E-state index in [4.69, 9.17) is 0 Å². The summed E-state index contributed by atoms with van der Waals surface area (Å²) in [4.78, 5) is 2.58. The number of aryl methyl sites for hydroxylation is 1. The standard InChI is InChI=1S/C16H26N2/c1-13(2)17-11-6-12-18-14(3)9-10-15-7-4-5-8-16(15)18/h4-5,7-8,13-14,17H,6,9-12H2,1-3H3. The molecule has 1 aromatic carbocycles. The van der Waals surface area contributed by atoms with Crippen molar-refractivity contribution in [2.24, 2.45) is 0 Å². The molecule has 1 N–H and O–H groups in total. The molecule has 100 valence electrons. The molecule has 2 rings (SSSR count). The number of anilines is 1. The van der Waals surface area contributed by atoms with Crippen molar-refractivity contribution in [1.29, 1.82) is 0 Å².